The van der Waals surface area contributed by atoms with Crippen LogP contribution in [0.4, 0.5) is 0 Å². The van der Waals surface area contributed by atoms with Gasteiger partial charge in [0, 0.05) is 24.0 Å². The van der Waals surface area contributed by atoms with Gasteiger partial charge in [-0.15, -0.1) is 0 Å². The topological polar surface area (TPSA) is 29.3 Å². The summed E-state index contributed by atoms with van der Waals surface area (Å²) < 4.78 is 0. The minimum atomic E-state index is 0.185. The summed E-state index contributed by atoms with van der Waals surface area (Å²) >= 11 is 0. The van der Waals surface area contributed by atoms with Crippen molar-refractivity contribution in [2.75, 3.05) is 13.1 Å². The summed E-state index contributed by atoms with van der Waals surface area (Å²) in [5.41, 5.74) is 11.4. The number of hydrogen-bond acceptors (Lipinski definition) is 2. The van der Waals surface area contributed by atoms with Crippen LogP contribution in [-0.2, 0) is 11.8 Å². The molecule has 1 aromatic carbocycles. The fourth-order valence-corrected chi connectivity index (χ4v) is 4.41. The van der Waals surface area contributed by atoms with E-state index in [0.717, 1.165) is 12.3 Å². The summed E-state index contributed by atoms with van der Waals surface area (Å²) in [5, 5.41) is 0. The number of piperidine rings is 1. The Balaban J connectivity index is 1.71. The highest BCUT2D eigenvalue weighted by atomic mass is 15.2. The van der Waals surface area contributed by atoms with E-state index in [0.29, 0.717) is 12.1 Å². The zero-order valence-corrected chi connectivity index (χ0v) is 12.7. The number of likely N-dealkylation sites (tertiary alicyclic amines) is 1. The van der Waals surface area contributed by atoms with E-state index < -0.39 is 0 Å². The van der Waals surface area contributed by atoms with Crippen LogP contribution < -0.4 is 5.73 Å². The number of benzene rings is 1. The molecule has 0 unspecified atom stereocenters. The summed E-state index contributed by atoms with van der Waals surface area (Å²) in [6, 6.07) is 7.86. The Hall–Kier alpha value is -0.860. The highest BCUT2D eigenvalue weighted by Gasteiger charge is 2.49. The predicted octanol–water partition coefficient (Wildman–Crippen LogP) is 2.62. The molecule has 0 aromatic heterocycles. The number of hydrogen-bond donors (Lipinski definition) is 1. The van der Waals surface area contributed by atoms with Crippen molar-refractivity contribution in [1.29, 1.82) is 0 Å². The maximum absolute atomic E-state index is 6.73. The third-order valence-corrected chi connectivity index (χ3v) is 6.04. The molecule has 20 heavy (non-hydrogen) atoms. The van der Waals surface area contributed by atoms with Gasteiger partial charge < -0.3 is 5.73 Å². The fraction of sp³-hybridized carbons (Fsp3) is 0.667. The molecule has 4 rings (SSSR count). The fourth-order valence-electron chi connectivity index (χ4n) is 4.41. The molecule has 2 N–H and O–H groups in total. The molecule has 2 fully saturated rings. The zero-order chi connectivity index (χ0) is 13.9. The van der Waals surface area contributed by atoms with Crippen LogP contribution in [0, 0.1) is 12.8 Å². The van der Waals surface area contributed by atoms with E-state index in [1.807, 2.05) is 0 Å². The van der Waals surface area contributed by atoms with Crippen molar-refractivity contribution < 1.29 is 0 Å². The minimum absolute atomic E-state index is 0.185. The summed E-state index contributed by atoms with van der Waals surface area (Å²) in [6.07, 6.45) is 5.24. The Kier molecular flexibility index (Phi) is 2.77. The van der Waals surface area contributed by atoms with E-state index in [1.54, 1.807) is 5.56 Å². The average Bonchev–Trinajstić information content (AvgIpc) is 3.22. The molecular weight excluding hydrogens is 244 g/mol. The van der Waals surface area contributed by atoms with Gasteiger partial charge in [0.05, 0.1) is 0 Å². The van der Waals surface area contributed by atoms with Crippen molar-refractivity contribution in [3.8, 4) is 0 Å². The molecule has 0 amide bonds. The molecule has 1 saturated heterocycles. The normalized spacial score (nSPS) is 36.8. The Morgan fingerprint density at radius 2 is 2.15 bits per heavy atom. The lowest BCUT2D eigenvalue weighted by atomic mass is 9.62. The molecule has 0 spiro atoms. The van der Waals surface area contributed by atoms with Crippen LogP contribution in [0.25, 0.3) is 0 Å². The largest absolute Gasteiger partial charge is 0.326 e. The number of nitrogens with two attached hydrogens (primary N) is 1. The van der Waals surface area contributed by atoms with Crippen molar-refractivity contribution in [1.82, 2.24) is 4.90 Å². The first-order valence-corrected chi connectivity index (χ1v) is 8.17. The van der Waals surface area contributed by atoms with E-state index in [1.165, 1.54) is 43.5 Å². The summed E-state index contributed by atoms with van der Waals surface area (Å²) in [6.45, 7) is 7.12. The SMILES string of the molecule is Cc1ccc2c(c1)[C@@]1(C)CCN(CC3CC3)[C@H](C2)[C@H]1N. The molecule has 108 valence electrons. The lowest BCUT2D eigenvalue weighted by Crippen LogP contribution is -2.65. The van der Waals surface area contributed by atoms with Gasteiger partial charge in [-0.3, -0.25) is 4.90 Å². The van der Waals surface area contributed by atoms with E-state index >= 15 is 0 Å². The first-order valence-electron chi connectivity index (χ1n) is 8.17. The van der Waals surface area contributed by atoms with Crippen LogP contribution >= 0.6 is 0 Å². The molecule has 3 aliphatic rings. The minimum Gasteiger partial charge on any atom is -0.326 e. The van der Waals surface area contributed by atoms with Crippen molar-refractivity contribution in [2.45, 2.75) is 57.0 Å². The van der Waals surface area contributed by atoms with Gasteiger partial charge in [0.25, 0.3) is 0 Å². The maximum atomic E-state index is 6.73. The summed E-state index contributed by atoms with van der Waals surface area (Å²) in [4.78, 5) is 2.70. The van der Waals surface area contributed by atoms with Crippen molar-refractivity contribution in [3.05, 3.63) is 34.9 Å². The number of fused-ring (bicyclic) bond motifs is 4. The quantitative estimate of drug-likeness (QED) is 0.895. The Bertz CT molecular complexity index is 534. The standard InChI is InChI=1S/C18H26N2/c1-12-3-6-14-10-16-17(19)18(2,15(14)9-12)7-8-20(16)11-13-4-5-13/h3,6,9,13,16-17H,4-5,7-8,10-11,19H2,1-2H3/t16-,17-,18-/m1/s1. The maximum Gasteiger partial charge on any atom is 0.0296 e. The van der Waals surface area contributed by atoms with E-state index in [2.05, 4.69) is 36.9 Å². The molecule has 2 aliphatic carbocycles. The molecule has 2 bridgehead atoms. The number of nitrogens with zero attached hydrogens (tertiary/aromatic N) is 1. The lowest BCUT2D eigenvalue weighted by molar-refractivity contribution is 0.0602. The van der Waals surface area contributed by atoms with Gasteiger partial charge in [-0.05, 0) is 56.2 Å². The van der Waals surface area contributed by atoms with Gasteiger partial charge in [0.2, 0.25) is 0 Å². The third-order valence-electron chi connectivity index (χ3n) is 6.04. The van der Waals surface area contributed by atoms with Gasteiger partial charge in [0.1, 0.15) is 0 Å². The summed E-state index contributed by atoms with van der Waals surface area (Å²) in [5.74, 6) is 0.964. The number of aryl methyl sites for hydroxylation is 1. The van der Waals surface area contributed by atoms with Crippen LogP contribution in [0.15, 0.2) is 18.2 Å². The van der Waals surface area contributed by atoms with Gasteiger partial charge in [0.15, 0.2) is 0 Å². The second kappa shape index (κ2) is 4.32. The monoisotopic (exact) mass is 270 g/mol. The van der Waals surface area contributed by atoms with Gasteiger partial charge >= 0.3 is 0 Å². The lowest BCUT2D eigenvalue weighted by Gasteiger charge is -2.54. The van der Waals surface area contributed by atoms with Crippen LogP contribution in [0.5, 0.6) is 0 Å². The van der Waals surface area contributed by atoms with E-state index in [-0.39, 0.29) is 5.41 Å². The molecule has 1 aromatic rings. The average molecular weight is 270 g/mol. The predicted molar refractivity (Wildman–Crippen MR) is 82.9 cm³/mol. The van der Waals surface area contributed by atoms with Gasteiger partial charge in [-0.2, -0.15) is 0 Å². The molecule has 2 nitrogen and oxygen atoms in total. The molecule has 1 aliphatic heterocycles. The smallest absolute Gasteiger partial charge is 0.0296 e. The molecule has 1 heterocycles. The highest BCUT2D eigenvalue weighted by molar-refractivity contribution is 5.43. The van der Waals surface area contributed by atoms with Gasteiger partial charge in [-0.25, -0.2) is 0 Å². The van der Waals surface area contributed by atoms with Crippen molar-refractivity contribution in [2.24, 2.45) is 11.7 Å². The van der Waals surface area contributed by atoms with Crippen LogP contribution in [0.2, 0.25) is 0 Å². The Morgan fingerprint density at radius 3 is 2.90 bits per heavy atom. The van der Waals surface area contributed by atoms with E-state index in [4.69, 9.17) is 5.73 Å². The van der Waals surface area contributed by atoms with E-state index in [9.17, 15) is 0 Å². The zero-order valence-electron chi connectivity index (χ0n) is 12.7. The Morgan fingerprint density at radius 1 is 1.35 bits per heavy atom. The van der Waals surface area contributed by atoms with Crippen LogP contribution in [-0.4, -0.2) is 30.1 Å². The molecule has 2 heteroatoms. The number of rotatable bonds is 2. The first-order chi connectivity index (χ1) is 9.58. The Labute approximate surface area is 122 Å². The second-order valence-electron chi connectivity index (χ2n) is 7.56. The van der Waals surface area contributed by atoms with Crippen molar-refractivity contribution >= 4 is 0 Å². The third kappa shape index (κ3) is 1.85. The van der Waals surface area contributed by atoms with Crippen molar-refractivity contribution in [3.63, 3.8) is 0 Å². The molecule has 1 saturated carbocycles. The highest BCUT2D eigenvalue weighted by Crippen LogP contribution is 2.45. The molecular formula is C18H26N2. The first kappa shape index (κ1) is 12.8. The van der Waals surface area contributed by atoms with Gasteiger partial charge in [-0.1, -0.05) is 30.7 Å². The second-order valence-corrected chi connectivity index (χ2v) is 7.56. The summed E-state index contributed by atoms with van der Waals surface area (Å²) in [7, 11) is 0. The van der Waals surface area contributed by atoms with Crippen LogP contribution in [0.1, 0.15) is 42.9 Å². The molecule has 0 radical (unpaired) electrons. The molecule has 3 atom stereocenters. The van der Waals surface area contributed by atoms with Crippen LogP contribution in [0.3, 0.4) is 0 Å².